The first-order valence-corrected chi connectivity index (χ1v) is 7.78. The van der Waals surface area contributed by atoms with Gasteiger partial charge in [-0.05, 0) is 43.5 Å². The lowest BCUT2D eigenvalue weighted by Crippen LogP contribution is -2.57. The Morgan fingerprint density at radius 1 is 1.39 bits per heavy atom. The molecular formula is C17H22FNO4. The van der Waals surface area contributed by atoms with Gasteiger partial charge in [0.05, 0.1) is 6.10 Å². The number of carbonyl (C=O) groups excluding carboxylic acids is 1. The Morgan fingerprint density at radius 2 is 2.09 bits per heavy atom. The molecule has 0 radical (unpaired) electrons. The van der Waals surface area contributed by atoms with Crippen LogP contribution in [-0.4, -0.2) is 46.2 Å². The first kappa shape index (κ1) is 17.4. The lowest BCUT2D eigenvalue weighted by atomic mass is 9.74. The van der Waals surface area contributed by atoms with E-state index in [2.05, 4.69) is 0 Å². The highest BCUT2D eigenvalue weighted by molar-refractivity contribution is 5.95. The third-order valence-corrected chi connectivity index (χ3v) is 4.48. The van der Waals surface area contributed by atoms with Crippen LogP contribution in [0.5, 0.6) is 0 Å². The van der Waals surface area contributed by atoms with Crippen molar-refractivity contribution in [3.05, 3.63) is 35.1 Å². The average Bonchev–Trinajstić information content (AvgIpc) is 2.47. The summed E-state index contributed by atoms with van der Waals surface area (Å²) in [5, 5.41) is 19.8. The Bertz CT molecular complexity index is 598. The lowest BCUT2D eigenvalue weighted by molar-refractivity contribution is -0.162. The molecule has 2 atom stereocenters. The molecule has 2 rings (SSSR count). The van der Waals surface area contributed by atoms with Gasteiger partial charge >= 0.3 is 5.97 Å². The lowest BCUT2D eigenvalue weighted by Gasteiger charge is -2.43. The molecule has 1 aliphatic heterocycles. The standard InChI is InChI=1S/C17H22FNO4/c1-3-5-17(16(22)23)10-19(6-4-14(17)20)15(21)12-7-11(2)8-13(18)9-12/h7-9,14,20H,3-6,10H2,1-2H3,(H,22,23)/t14-,17+/m0/s1. The number of hydrogen-bond acceptors (Lipinski definition) is 3. The smallest absolute Gasteiger partial charge is 0.314 e. The number of aryl methyl sites for hydroxylation is 1. The molecule has 1 aliphatic rings. The molecule has 2 N–H and O–H groups in total. The molecule has 5 nitrogen and oxygen atoms in total. The second kappa shape index (κ2) is 6.66. The number of nitrogens with zero attached hydrogens (tertiary/aromatic N) is 1. The van der Waals surface area contributed by atoms with Crippen LogP contribution in [0.2, 0.25) is 0 Å². The average molecular weight is 323 g/mol. The number of likely N-dealkylation sites (tertiary alicyclic amines) is 1. The minimum absolute atomic E-state index is 0.0638. The minimum Gasteiger partial charge on any atom is -0.481 e. The quantitative estimate of drug-likeness (QED) is 0.890. The van der Waals surface area contributed by atoms with Crippen LogP contribution in [0.1, 0.15) is 42.1 Å². The number of aliphatic hydroxyl groups is 1. The Kier molecular flexibility index (Phi) is 5.04. The molecule has 0 unspecified atom stereocenters. The molecular weight excluding hydrogens is 301 g/mol. The van der Waals surface area contributed by atoms with Crippen LogP contribution in [0.3, 0.4) is 0 Å². The van der Waals surface area contributed by atoms with Gasteiger partial charge < -0.3 is 15.1 Å². The number of carboxylic acid groups (broad SMARTS) is 1. The van der Waals surface area contributed by atoms with Crippen molar-refractivity contribution in [3.8, 4) is 0 Å². The maximum absolute atomic E-state index is 13.5. The monoisotopic (exact) mass is 323 g/mol. The molecule has 126 valence electrons. The van der Waals surface area contributed by atoms with Crippen LogP contribution < -0.4 is 0 Å². The first-order valence-electron chi connectivity index (χ1n) is 7.78. The van der Waals surface area contributed by atoms with Gasteiger partial charge in [-0.2, -0.15) is 0 Å². The van der Waals surface area contributed by atoms with Gasteiger partial charge in [0.1, 0.15) is 11.2 Å². The first-order chi connectivity index (χ1) is 10.8. The number of carbonyl (C=O) groups is 2. The highest BCUT2D eigenvalue weighted by Gasteiger charge is 2.49. The number of carboxylic acids is 1. The molecule has 1 heterocycles. The van der Waals surface area contributed by atoms with E-state index in [-0.39, 0.29) is 31.5 Å². The summed E-state index contributed by atoms with van der Waals surface area (Å²) in [4.78, 5) is 25.7. The predicted molar refractivity (Wildman–Crippen MR) is 82.6 cm³/mol. The molecule has 0 spiro atoms. The molecule has 0 saturated carbocycles. The number of amides is 1. The van der Waals surface area contributed by atoms with Crippen LogP contribution in [0.4, 0.5) is 4.39 Å². The topological polar surface area (TPSA) is 77.8 Å². The summed E-state index contributed by atoms with van der Waals surface area (Å²) in [5.41, 5.74) is -0.525. The molecule has 0 aliphatic carbocycles. The van der Waals surface area contributed by atoms with Crippen molar-refractivity contribution in [2.75, 3.05) is 13.1 Å². The Balaban J connectivity index is 2.29. The summed E-state index contributed by atoms with van der Waals surface area (Å²) < 4.78 is 13.5. The summed E-state index contributed by atoms with van der Waals surface area (Å²) in [6.45, 7) is 3.73. The normalized spacial score (nSPS) is 24.5. The number of rotatable bonds is 4. The number of piperidine rings is 1. The molecule has 0 bridgehead atoms. The summed E-state index contributed by atoms with van der Waals surface area (Å²) in [7, 11) is 0. The van der Waals surface area contributed by atoms with Gasteiger partial charge in [-0.15, -0.1) is 0 Å². The number of hydrogen-bond donors (Lipinski definition) is 2. The second-order valence-electron chi connectivity index (χ2n) is 6.26. The van der Waals surface area contributed by atoms with Gasteiger partial charge in [-0.3, -0.25) is 9.59 Å². The van der Waals surface area contributed by atoms with E-state index in [1.165, 1.54) is 11.0 Å². The zero-order valence-electron chi connectivity index (χ0n) is 13.4. The number of aliphatic carboxylic acids is 1. The molecule has 6 heteroatoms. The van der Waals surface area contributed by atoms with Gasteiger partial charge in [0.25, 0.3) is 5.91 Å². The van der Waals surface area contributed by atoms with Crippen molar-refractivity contribution < 1.29 is 24.2 Å². The van der Waals surface area contributed by atoms with Crippen molar-refractivity contribution in [1.29, 1.82) is 0 Å². The van der Waals surface area contributed by atoms with E-state index in [4.69, 9.17) is 0 Å². The van der Waals surface area contributed by atoms with Crippen LogP contribution in [0.15, 0.2) is 18.2 Å². The fraction of sp³-hybridized carbons (Fsp3) is 0.529. The van der Waals surface area contributed by atoms with E-state index in [0.717, 1.165) is 6.07 Å². The molecule has 1 aromatic rings. The van der Waals surface area contributed by atoms with Gasteiger partial charge in [-0.25, -0.2) is 4.39 Å². The maximum Gasteiger partial charge on any atom is 0.314 e. The van der Waals surface area contributed by atoms with E-state index in [0.29, 0.717) is 12.0 Å². The summed E-state index contributed by atoms with van der Waals surface area (Å²) in [6.07, 6.45) is 0.0879. The van der Waals surface area contributed by atoms with Crippen molar-refractivity contribution in [2.45, 2.75) is 39.2 Å². The van der Waals surface area contributed by atoms with E-state index < -0.39 is 29.2 Å². The SMILES string of the molecule is CCC[C@@]1(C(=O)O)CN(C(=O)c2cc(C)cc(F)c2)CC[C@@H]1O. The molecule has 1 saturated heterocycles. The minimum atomic E-state index is -1.36. The predicted octanol–water partition coefficient (Wildman–Crippen LogP) is 2.21. The molecule has 0 aromatic heterocycles. The van der Waals surface area contributed by atoms with Crippen molar-refractivity contribution in [1.82, 2.24) is 4.90 Å². The van der Waals surface area contributed by atoms with Gasteiger partial charge in [0.2, 0.25) is 0 Å². The van der Waals surface area contributed by atoms with Gasteiger partial charge in [-0.1, -0.05) is 13.3 Å². The third-order valence-electron chi connectivity index (χ3n) is 4.48. The van der Waals surface area contributed by atoms with Crippen molar-refractivity contribution >= 4 is 11.9 Å². The number of benzene rings is 1. The van der Waals surface area contributed by atoms with Crippen molar-refractivity contribution in [3.63, 3.8) is 0 Å². The second-order valence-corrected chi connectivity index (χ2v) is 6.26. The maximum atomic E-state index is 13.5. The Hall–Kier alpha value is -1.95. The number of halogens is 1. The molecule has 1 fully saturated rings. The number of aliphatic hydroxyl groups excluding tert-OH is 1. The van der Waals surface area contributed by atoms with E-state index in [1.807, 2.05) is 6.92 Å². The fourth-order valence-corrected chi connectivity index (χ4v) is 3.30. The fourth-order valence-electron chi connectivity index (χ4n) is 3.30. The Labute approximate surface area is 134 Å². The Morgan fingerprint density at radius 3 is 2.65 bits per heavy atom. The van der Waals surface area contributed by atoms with E-state index in [1.54, 1.807) is 13.0 Å². The highest BCUT2D eigenvalue weighted by atomic mass is 19.1. The van der Waals surface area contributed by atoms with Crippen LogP contribution in [0.25, 0.3) is 0 Å². The third kappa shape index (κ3) is 3.37. The molecule has 1 amide bonds. The van der Waals surface area contributed by atoms with E-state index in [9.17, 15) is 24.2 Å². The zero-order chi connectivity index (χ0) is 17.2. The summed E-state index contributed by atoms with van der Waals surface area (Å²) >= 11 is 0. The van der Waals surface area contributed by atoms with Crippen LogP contribution >= 0.6 is 0 Å². The van der Waals surface area contributed by atoms with Crippen LogP contribution in [-0.2, 0) is 4.79 Å². The zero-order valence-corrected chi connectivity index (χ0v) is 13.4. The molecule has 23 heavy (non-hydrogen) atoms. The van der Waals surface area contributed by atoms with E-state index >= 15 is 0 Å². The van der Waals surface area contributed by atoms with Crippen molar-refractivity contribution in [2.24, 2.45) is 5.41 Å². The molecule has 1 aromatic carbocycles. The largest absolute Gasteiger partial charge is 0.481 e. The summed E-state index contributed by atoms with van der Waals surface area (Å²) in [6, 6.07) is 4.07. The summed E-state index contributed by atoms with van der Waals surface area (Å²) in [5.74, 6) is -2.00. The van der Waals surface area contributed by atoms with Gasteiger partial charge in [0.15, 0.2) is 0 Å². The van der Waals surface area contributed by atoms with Crippen LogP contribution in [0, 0.1) is 18.2 Å². The van der Waals surface area contributed by atoms with Gasteiger partial charge in [0, 0.05) is 18.7 Å². The highest BCUT2D eigenvalue weighted by Crippen LogP contribution is 2.36.